The van der Waals surface area contributed by atoms with Crippen molar-refractivity contribution in [3.05, 3.63) is 46.5 Å². The van der Waals surface area contributed by atoms with E-state index in [1.165, 1.54) is 9.80 Å². The molecular formula is C24H30BrN3O4. The summed E-state index contributed by atoms with van der Waals surface area (Å²) in [6, 6.07) is 6.90. The number of allylic oxidation sites excluding steroid dienone is 2. The molecule has 1 aromatic rings. The summed E-state index contributed by atoms with van der Waals surface area (Å²) >= 11 is 3.44. The zero-order valence-corrected chi connectivity index (χ0v) is 20.1. The fourth-order valence-electron chi connectivity index (χ4n) is 4.25. The molecule has 3 atom stereocenters. The molecule has 0 aromatic heterocycles. The molecule has 2 aliphatic rings. The van der Waals surface area contributed by atoms with Gasteiger partial charge in [-0.25, -0.2) is 0 Å². The second-order valence-electron chi connectivity index (χ2n) is 8.35. The van der Waals surface area contributed by atoms with Crippen molar-refractivity contribution in [2.75, 3.05) is 13.1 Å². The van der Waals surface area contributed by atoms with Crippen molar-refractivity contribution in [1.82, 2.24) is 15.1 Å². The van der Waals surface area contributed by atoms with Crippen molar-refractivity contribution in [2.24, 2.45) is 11.8 Å². The van der Waals surface area contributed by atoms with Crippen LogP contribution in [-0.2, 0) is 25.7 Å². The van der Waals surface area contributed by atoms with Gasteiger partial charge in [-0.15, -0.1) is 0 Å². The third kappa shape index (κ3) is 5.46. The number of nitrogens with zero attached hydrogens (tertiary/aromatic N) is 2. The van der Waals surface area contributed by atoms with Crippen molar-refractivity contribution < 1.29 is 19.2 Å². The van der Waals surface area contributed by atoms with E-state index in [0.717, 1.165) is 16.5 Å². The van der Waals surface area contributed by atoms with E-state index in [4.69, 9.17) is 0 Å². The molecule has 1 heterocycles. The van der Waals surface area contributed by atoms with E-state index in [1.54, 1.807) is 6.92 Å². The highest BCUT2D eigenvalue weighted by Gasteiger charge is 2.47. The number of rotatable bonds is 9. The topological polar surface area (TPSA) is 86.8 Å². The smallest absolute Gasteiger partial charge is 0.242 e. The number of fused-ring (bicyclic) bond motifs is 1. The lowest BCUT2D eigenvalue weighted by molar-refractivity contribution is -0.143. The van der Waals surface area contributed by atoms with Gasteiger partial charge in [0.25, 0.3) is 0 Å². The van der Waals surface area contributed by atoms with Gasteiger partial charge in [0.15, 0.2) is 0 Å². The summed E-state index contributed by atoms with van der Waals surface area (Å²) in [5.74, 6) is -1.48. The Morgan fingerprint density at radius 1 is 1.19 bits per heavy atom. The number of hydrogen-bond acceptors (Lipinski definition) is 4. The highest BCUT2D eigenvalue weighted by atomic mass is 79.9. The van der Waals surface area contributed by atoms with Gasteiger partial charge in [-0.1, -0.05) is 47.1 Å². The number of imide groups is 1. The summed E-state index contributed by atoms with van der Waals surface area (Å²) < 4.78 is 0.884. The lowest BCUT2D eigenvalue weighted by Gasteiger charge is -2.29. The van der Waals surface area contributed by atoms with E-state index in [2.05, 4.69) is 21.2 Å². The van der Waals surface area contributed by atoms with E-state index >= 15 is 0 Å². The normalized spacial score (nSPS) is 20.8. The standard InChI is InChI=1S/C24H30BrN3O4/c1-3-12-26-22(30)16(2)28(15-17-7-6-8-18(25)14-17)21(29)11-13-27-23(31)19-9-4-5-10-20(19)24(27)32/h4-8,14,16,19-20H,3,9-13,15H2,1-2H3,(H,26,30)/t16-,19-,20+/m0/s1. The maximum Gasteiger partial charge on any atom is 0.242 e. The molecule has 1 aromatic carbocycles. The van der Waals surface area contributed by atoms with Crippen molar-refractivity contribution in [2.45, 2.75) is 52.1 Å². The predicted molar refractivity (Wildman–Crippen MR) is 124 cm³/mol. The van der Waals surface area contributed by atoms with Crippen molar-refractivity contribution in [3.63, 3.8) is 0 Å². The molecule has 1 N–H and O–H groups in total. The minimum Gasteiger partial charge on any atom is -0.354 e. The zero-order chi connectivity index (χ0) is 23.3. The molecule has 0 saturated carbocycles. The van der Waals surface area contributed by atoms with E-state index in [0.29, 0.717) is 19.4 Å². The largest absolute Gasteiger partial charge is 0.354 e. The predicted octanol–water partition coefficient (Wildman–Crippen LogP) is 3.03. The first kappa shape index (κ1) is 24.2. The molecule has 172 valence electrons. The van der Waals surface area contributed by atoms with Gasteiger partial charge in [0.1, 0.15) is 6.04 Å². The molecule has 0 bridgehead atoms. The van der Waals surface area contributed by atoms with Crippen molar-refractivity contribution in [1.29, 1.82) is 0 Å². The molecule has 0 radical (unpaired) electrons. The molecule has 7 nitrogen and oxygen atoms in total. The van der Waals surface area contributed by atoms with Crippen LogP contribution in [0.5, 0.6) is 0 Å². The monoisotopic (exact) mass is 503 g/mol. The fraction of sp³-hybridized carbons (Fsp3) is 0.500. The molecule has 1 fully saturated rings. The Balaban J connectivity index is 1.70. The van der Waals surface area contributed by atoms with Crippen LogP contribution >= 0.6 is 15.9 Å². The molecule has 0 unspecified atom stereocenters. The Morgan fingerprint density at radius 2 is 1.84 bits per heavy atom. The Morgan fingerprint density at radius 3 is 2.44 bits per heavy atom. The lowest BCUT2D eigenvalue weighted by Crippen LogP contribution is -2.48. The molecule has 1 saturated heterocycles. The van der Waals surface area contributed by atoms with E-state index in [1.807, 2.05) is 43.3 Å². The number of hydrogen-bond donors (Lipinski definition) is 1. The third-order valence-corrected chi connectivity index (χ3v) is 6.60. The molecule has 0 spiro atoms. The summed E-state index contributed by atoms with van der Waals surface area (Å²) in [4.78, 5) is 54.0. The molecule has 3 rings (SSSR count). The average Bonchev–Trinajstić information content (AvgIpc) is 3.03. The van der Waals surface area contributed by atoms with Crippen LogP contribution in [0.1, 0.15) is 45.1 Å². The van der Waals surface area contributed by atoms with Gasteiger partial charge >= 0.3 is 0 Å². The number of carbonyl (C=O) groups is 4. The molecule has 32 heavy (non-hydrogen) atoms. The first-order valence-electron chi connectivity index (χ1n) is 11.1. The average molecular weight is 504 g/mol. The molecule has 1 aliphatic carbocycles. The maximum absolute atomic E-state index is 13.2. The fourth-order valence-corrected chi connectivity index (χ4v) is 4.70. The second-order valence-corrected chi connectivity index (χ2v) is 9.27. The van der Waals surface area contributed by atoms with Gasteiger partial charge in [0, 0.05) is 30.5 Å². The molecule has 1 aliphatic heterocycles. The van der Waals surface area contributed by atoms with Gasteiger partial charge in [-0.2, -0.15) is 0 Å². The first-order chi connectivity index (χ1) is 15.3. The number of amides is 4. The number of benzene rings is 1. The minimum atomic E-state index is -0.676. The van der Waals surface area contributed by atoms with Gasteiger partial charge in [-0.3, -0.25) is 24.1 Å². The second kappa shape index (κ2) is 10.9. The SMILES string of the molecule is CCCNC(=O)[C@H](C)N(Cc1cccc(Br)c1)C(=O)CCN1C(=O)[C@H]2CC=CC[C@H]2C1=O. The summed E-state index contributed by atoms with van der Waals surface area (Å²) in [6.07, 6.45) is 5.82. The van der Waals surface area contributed by atoms with Crippen molar-refractivity contribution in [3.8, 4) is 0 Å². The van der Waals surface area contributed by atoms with Gasteiger partial charge in [0.2, 0.25) is 23.6 Å². The van der Waals surface area contributed by atoms with E-state index < -0.39 is 6.04 Å². The number of nitrogens with one attached hydrogen (secondary N) is 1. The van der Waals surface area contributed by atoms with Crippen LogP contribution in [-0.4, -0.2) is 52.6 Å². The van der Waals surface area contributed by atoms with Crippen molar-refractivity contribution >= 4 is 39.6 Å². The Hall–Kier alpha value is -2.48. The number of halogens is 1. The first-order valence-corrected chi connectivity index (χ1v) is 11.9. The Labute approximate surface area is 197 Å². The van der Waals surface area contributed by atoms with E-state index in [9.17, 15) is 19.2 Å². The van der Waals surface area contributed by atoms with Crippen LogP contribution in [0.3, 0.4) is 0 Å². The highest BCUT2D eigenvalue weighted by molar-refractivity contribution is 9.10. The summed E-state index contributed by atoms with van der Waals surface area (Å²) in [6.45, 7) is 4.51. The van der Waals surface area contributed by atoms with Crippen LogP contribution in [0.4, 0.5) is 0 Å². The summed E-state index contributed by atoms with van der Waals surface area (Å²) in [5.41, 5.74) is 0.883. The molecule has 8 heteroatoms. The third-order valence-electron chi connectivity index (χ3n) is 6.11. The van der Waals surface area contributed by atoms with Crippen LogP contribution in [0, 0.1) is 11.8 Å². The summed E-state index contributed by atoms with van der Waals surface area (Å²) in [5, 5.41) is 2.84. The molecular weight excluding hydrogens is 474 g/mol. The zero-order valence-electron chi connectivity index (χ0n) is 18.6. The van der Waals surface area contributed by atoms with Gasteiger partial charge < -0.3 is 10.2 Å². The van der Waals surface area contributed by atoms with Gasteiger partial charge in [0.05, 0.1) is 11.8 Å². The van der Waals surface area contributed by atoms with Crippen LogP contribution in [0.2, 0.25) is 0 Å². The van der Waals surface area contributed by atoms with Crippen LogP contribution < -0.4 is 5.32 Å². The van der Waals surface area contributed by atoms with Crippen LogP contribution in [0.15, 0.2) is 40.9 Å². The van der Waals surface area contributed by atoms with Gasteiger partial charge in [-0.05, 0) is 43.9 Å². The number of carbonyl (C=O) groups excluding carboxylic acids is 4. The Kier molecular flexibility index (Phi) is 8.23. The quantitative estimate of drug-likeness (QED) is 0.414. The number of likely N-dealkylation sites (tertiary alicyclic amines) is 1. The van der Waals surface area contributed by atoms with E-state index in [-0.39, 0.29) is 55.0 Å². The minimum absolute atomic E-state index is 0.0102. The van der Waals surface area contributed by atoms with Crippen LogP contribution in [0.25, 0.3) is 0 Å². The lowest BCUT2D eigenvalue weighted by atomic mass is 9.85. The highest BCUT2D eigenvalue weighted by Crippen LogP contribution is 2.35. The Bertz CT molecular complexity index is 890. The molecule has 4 amide bonds. The summed E-state index contributed by atoms with van der Waals surface area (Å²) in [7, 11) is 0. The maximum atomic E-state index is 13.2.